The van der Waals surface area contributed by atoms with Crippen LogP contribution >= 0.6 is 0 Å². The van der Waals surface area contributed by atoms with E-state index < -0.39 is 29.7 Å². The number of benzene rings is 2. The number of aromatic nitrogens is 1. The SMILES string of the molecule is O=C1NC(Cc2c[nH]c3ccccc23)C(=O)N1Cc1cccc(C(F)(F)F)c1. The first-order valence-corrected chi connectivity index (χ1v) is 8.66. The van der Waals surface area contributed by atoms with Gasteiger partial charge in [-0.25, -0.2) is 4.79 Å². The maximum Gasteiger partial charge on any atom is 0.416 e. The molecule has 3 amide bonds. The highest BCUT2D eigenvalue weighted by Crippen LogP contribution is 2.30. The van der Waals surface area contributed by atoms with Gasteiger partial charge < -0.3 is 10.3 Å². The van der Waals surface area contributed by atoms with Crippen molar-refractivity contribution in [2.24, 2.45) is 0 Å². The predicted molar refractivity (Wildman–Crippen MR) is 96.3 cm³/mol. The molecule has 2 aromatic carbocycles. The Morgan fingerprint density at radius 2 is 1.82 bits per heavy atom. The fourth-order valence-electron chi connectivity index (χ4n) is 3.41. The molecule has 4 rings (SSSR count). The minimum absolute atomic E-state index is 0.209. The highest BCUT2D eigenvalue weighted by molar-refractivity contribution is 6.04. The summed E-state index contributed by atoms with van der Waals surface area (Å²) in [6.07, 6.45) is -2.39. The summed E-state index contributed by atoms with van der Waals surface area (Å²) in [5.74, 6) is -0.451. The van der Waals surface area contributed by atoms with E-state index in [4.69, 9.17) is 0 Å². The number of imide groups is 1. The number of para-hydroxylation sites is 1. The number of amides is 3. The van der Waals surface area contributed by atoms with Crippen LogP contribution in [0, 0.1) is 0 Å². The van der Waals surface area contributed by atoms with Crippen molar-refractivity contribution in [1.82, 2.24) is 15.2 Å². The van der Waals surface area contributed by atoms with Crippen LogP contribution in [0.3, 0.4) is 0 Å². The van der Waals surface area contributed by atoms with E-state index in [2.05, 4.69) is 10.3 Å². The van der Waals surface area contributed by atoms with Crippen LogP contribution in [0.5, 0.6) is 0 Å². The number of alkyl halides is 3. The number of fused-ring (bicyclic) bond motifs is 1. The van der Waals surface area contributed by atoms with Gasteiger partial charge in [0.05, 0.1) is 12.1 Å². The zero-order chi connectivity index (χ0) is 19.9. The largest absolute Gasteiger partial charge is 0.416 e. The zero-order valence-electron chi connectivity index (χ0n) is 14.6. The number of nitrogens with zero attached hydrogens (tertiary/aromatic N) is 1. The number of urea groups is 1. The van der Waals surface area contributed by atoms with E-state index in [9.17, 15) is 22.8 Å². The zero-order valence-corrected chi connectivity index (χ0v) is 14.6. The van der Waals surface area contributed by atoms with Crippen LogP contribution in [0.2, 0.25) is 0 Å². The predicted octanol–water partition coefficient (Wildman–Crippen LogP) is 3.85. The Morgan fingerprint density at radius 3 is 2.61 bits per heavy atom. The van der Waals surface area contributed by atoms with Gasteiger partial charge in [-0.2, -0.15) is 13.2 Å². The molecule has 28 heavy (non-hydrogen) atoms. The molecule has 2 N–H and O–H groups in total. The van der Waals surface area contributed by atoms with Gasteiger partial charge in [0, 0.05) is 23.5 Å². The molecular weight excluding hydrogens is 371 g/mol. The average molecular weight is 387 g/mol. The van der Waals surface area contributed by atoms with Gasteiger partial charge in [-0.1, -0.05) is 30.3 Å². The number of H-pyrrole nitrogens is 1. The molecule has 0 radical (unpaired) electrons. The van der Waals surface area contributed by atoms with E-state index in [0.29, 0.717) is 6.42 Å². The molecule has 2 heterocycles. The molecule has 5 nitrogen and oxygen atoms in total. The number of carbonyl (C=O) groups excluding carboxylic acids is 2. The summed E-state index contributed by atoms with van der Waals surface area (Å²) < 4.78 is 38.6. The van der Waals surface area contributed by atoms with Crippen LogP contribution in [0.15, 0.2) is 54.7 Å². The highest BCUT2D eigenvalue weighted by Gasteiger charge is 2.38. The van der Waals surface area contributed by atoms with Crippen molar-refractivity contribution in [2.75, 3.05) is 0 Å². The van der Waals surface area contributed by atoms with Gasteiger partial charge in [-0.05, 0) is 29.3 Å². The molecule has 1 aliphatic heterocycles. The third-order valence-corrected chi connectivity index (χ3v) is 4.80. The fraction of sp³-hybridized carbons (Fsp3) is 0.200. The van der Waals surface area contributed by atoms with Gasteiger partial charge in [0.15, 0.2) is 0 Å². The van der Waals surface area contributed by atoms with Crippen molar-refractivity contribution in [3.05, 3.63) is 71.4 Å². The molecule has 1 aliphatic rings. The lowest BCUT2D eigenvalue weighted by molar-refractivity contribution is -0.137. The summed E-state index contributed by atoms with van der Waals surface area (Å²) >= 11 is 0. The topological polar surface area (TPSA) is 65.2 Å². The smallest absolute Gasteiger partial charge is 0.361 e. The molecule has 1 aromatic heterocycles. The molecule has 8 heteroatoms. The third-order valence-electron chi connectivity index (χ3n) is 4.80. The van der Waals surface area contributed by atoms with Crippen molar-refractivity contribution in [3.63, 3.8) is 0 Å². The van der Waals surface area contributed by atoms with Crippen molar-refractivity contribution >= 4 is 22.8 Å². The van der Waals surface area contributed by atoms with Gasteiger partial charge in [0.25, 0.3) is 5.91 Å². The van der Waals surface area contributed by atoms with E-state index in [1.165, 1.54) is 12.1 Å². The minimum Gasteiger partial charge on any atom is -0.361 e. The summed E-state index contributed by atoms with van der Waals surface area (Å²) in [7, 11) is 0. The first kappa shape index (κ1) is 18.1. The summed E-state index contributed by atoms with van der Waals surface area (Å²) in [4.78, 5) is 29.0. The fourth-order valence-corrected chi connectivity index (χ4v) is 3.41. The van der Waals surface area contributed by atoms with Crippen molar-refractivity contribution in [1.29, 1.82) is 0 Å². The summed E-state index contributed by atoms with van der Waals surface area (Å²) in [6, 6.07) is 10.9. The molecule has 1 saturated heterocycles. The second kappa shape index (κ2) is 6.70. The number of hydrogen-bond acceptors (Lipinski definition) is 2. The normalized spacial score (nSPS) is 17.4. The average Bonchev–Trinajstić information content (AvgIpc) is 3.18. The molecule has 1 unspecified atom stereocenters. The van der Waals surface area contributed by atoms with Gasteiger partial charge in [0.1, 0.15) is 6.04 Å². The van der Waals surface area contributed by atoms with Crippen LogP contribution in [0.4, 0.5) is 18.0 Å². The lowest BCUT2D eigenvalue weighted by atomic mass is 10.0. The quantitative estimate of drug-likeness (QED) is 0.668. The molecule has 1 fully saturated rings. The first-order chi connectivity index (χ1) is 13.3. The lowest BCUT2D eigenvalue weighted by Gasteiger charge is -2.14. The number of halogens is 3. The number of aromatic amines is 1. The Morgan fingerprint density at radius 1 is 1.04 bits per heavy atom. The number of nitrogens with one attached hydrogen (secondary N) is 2. The van der Waals surface area contributed by atoms with Gasteiger partial charge in [-0.3, -0.25) is 9.69 Å². The molecular formula is C20H16F3N3O2. The van der Waals surface area contributed by atoms with Crippen molar-refractivity contribution < 1.29 is 22.8 Å². The third kappa shape index (κ3) is 3.33. The molecule has 0 aliphatic carbocycles. The Kier molecular flexibility index (Phi) is 4.33. The first-order valence-electron chi connectivity index (χ1n) is 8.66. The van der Waals surface area contributed by atoms with Gasteiger partial charge >= 0.3 is 12.2 Å². The lowest BCUT2D eigenvalue weighted by Crippen LogP contribution is -2.32. The van der Waals surface area contributed by atoms with E-state index in [0.717, 1.165) is 33.5 Å². The number of rotatable bonds is 4. The van der Waals surface area contributed by atoms with E-state index in [1.807, 2.05) is 24.3 Å². The van der Waals surface area contributed by atoms with Crippen LogP contribution in [-0.4, -0.2) is 27.9 Å². The van der Waals surface area contributed by atoms with E-state index in [-0.39, 0.29) is 12.1 Å². The van der Waals surface area contributed by atoms with Crippen LogP contribution in [-0.2, 0) is 23.9 Å². The second-order valence-electron chi connectivity index (χ2n) is 6.69. The molecule has 0 spiro atoms. The maximum absolute atomic E-state index is 12.9. The molecule has 1 atom stereocenters. The standard InChI is InChI=1S/C20H16F3N3O2/c21-20(22,23)14-5-3-4-12(8-14)11-26-18(27)17(25-19(26)28)9-13-10-24-16-7-2-1-6-15(13)16/h1-8,10,17,24H,9,11H2,(H,25,28). The maximum atomic E-state index is 12.9. The van der Waals surface area contributed by atoms with E-state index >= 15 is 0 Å². The van der Waals surface area contributed by atoms with Gasteiger partial charge in [-0.15, -0.1) is 0 Å². The molecule has 144 valence electrons. The molecule has 0 bridgehead atoms. The highest BCUT2D eigenvalue weighted by atomic mass is 19.4. The van der Waals surface area contributed by atoms with Crippen LogP contribution < -0.4 is 5.32 Å². The Bertz CT molecular complexity index is 1060. The monoisotopic (exact) mass is 387 g/mol. The second-order valence-corrected chi connectivity index (χ2v) is 6.69. The molecule has 3 aromatic rings. The minimum atomic E-state index is -4.48. The Balaban J connectivity index is 1.51. The van der Waals surface area contributed by atoms with Crippen molar-refractivity contribution in [2.45, 2.75) is 25.2 Å². The summed E-state index contributed by atoms with van der Waals surface area (Å²) in [5, 5.41) is 3.58. The van der Waals surface area contributed by atoms with Gasteiger partial charge in [0.2, 0.25) is 0 Å². The molecule has 0 saturated carbocycles. The summed E-state index contributed by atoms with van der Waals surface area (Å²) in [6.45, 7) is -0.209. The summed E-state index contributed by atoms with van der Waals surface area (Å²) in [5.41, 5.74) is 1.24. The van der Waals surface area contributed by atoms with Crippen LogP contribution in [0.25, 0.3) is 10.9 Å². The Labute approximate surface area is 158 Å². The van der Waals surface area contributed by atoms with Crippen LogP contribution in [0.1, 0.15) is 16.7 Å². The number of hydrogen-bond donors (Lipinski definition) is 2. The van der Waals surface area contributed by atoms with E-state index in [1.54, 1.807) is 6.20 Å². The van der Waals surface area contributed by atoms with Crippen molar-refractivity contribution in [3.8, 4) is 0 Å². The Hall–Kier alpha value is -3.29. The number of carbonyl (C=O) groups is 2.